The number of rotatable bonds is 0. The van der Waals surface area contributed by atoms with Crippen LogP contribution in [0.1, 0.15) is 44.4 Å². The lowest BCUT2D eigenvalue weighted by molar-refractivity contribution is 0.365. The smallest absolute Gasteiger partial charge is 0.201 e. The summed E-state index contributed by atoms with van der Waals surface area (Å²) in [5.41, 5.74) is 0.384. The topological polar surface area (TPSA) is 121 Å². The molecule has 0 aromatic heterocycles. The van der Waals surface area contributed by atoms with Gasteiger partial charge < -0.3 is 30.6 Å². The molecule has 3 rings (SSSR count). The van der Waals surface area contributed by atoms with Crippen LogP contribution in [0, 0.1) is 6.92 Å². The Labute approximate surface area is 139 Å². The summed E-state index contributed by atoms with van der Waals surface area (Å²) in [4.78, 5) is 0. The molecule has 0 bridgehead atoms. The summed E-state index contributed by atoms with van der Waals surface area (Å²) >= 11 is 0. The summed E-state index contributed by atoms with van der Waals surface area (Å²) in [6, 6.07) is 1.02. The van der Waals surface area contributed by atoms with Crippen LogP contribution in [-0.4, -0.2) is 30.6 Å². The molecule has 6 heteroatoms. The minimum Gasteiger partial charge on any atom is -0.507 e. The second-order valence-electron chi connectivity index (χ2n) is 6.06. The highest BCUT2D eigenvalue weighted by molar-refractivity contribution is 5.95. The van der Waals surface area contributed by atoms with Crippen molar-refractivity contribution in [2.45, 2.75) is 40.0 Å². The molecule has 6 nitrogen and oxygen atoms in total. The van der Waals surface area contributed by atoms with Gasteiger partial charge in [-0.25, -0.2) is 0 Å². The van der Waals surface area contributed by atoms with Gasteiger partial charge in [0, 0.05) is 28.2 Å². The predicted molar refractivity (Wildman–Crippen MR) is 90.1 cm³/mol. The summed E-state index contributed by atoms with van der Waals surface area (Å²) in [6.45, 7) is 9.06. The zero-order valence-electron chi connectivity index (χ0n) is 14.3. The van der Waals surface area contributed by atoms with Gasteiger partial charge in [-0.2, -0.15) is 0 Å². The number of hydrogen-bond donors (Lipinski definition) is 6. The Kier molecular flexibility index (Phi) is 3.96. The van der Waals surface area contributed by atoms with Gasteiger partial charge in [0.2, 0.25) is 5.75 Å². The second-order valence-corrected chi connectivity index (χ2v) is 6.06. The van der Waals surface area contributed by atoms with Gasteiger partial charge in [0.1, 0.15) is 5.75 Å². The van der Waals surface area contributed by atoms with Crippen LogP contribution >= 0.6 is 0 Å². The molecule has 0 atom stereocenters. The van der Waals surface area contributed by atoms with Gasteiger partial charge in [0.05, 0.1) is 0 Å². The van der Waals surface area contributed by atoms with E-state index in [0.29, 0.717) is 16.7 Å². The van der Waals surface area contributed by atoms with Crippen molar-refractivity contribution < 1.29 is 30.6 Å². The molecule has 0 saturated heterocycles. The summed E-state index contributed by atoms with van der Waals surface area (Å²) in [6.07, 6.45) is 0. The van der Waals surface area contributed by atoms with Crippen molar-refractivity contribution in [3.8, 4) is 45.6 Å². The third kappa shape index (κ3) is 1.95. The van der Waals surface area contributed by atoms with Crippen molar-refractivity contribution >= 4 is 0 Å². The first-order valence-corrected chi connectivity index (χ1v) is 7.67. The molecular weight excluding hydrogens is 312 g/mol. The zero-order chi connectivity index (χ0) is 18.6. The minimum absolute atomic E-state index is 0.0494. The molecule has 1 aliphatic carbocycles. The summed E-state index contributed by atoms with van der Waals surface area (Å²) in [7, 11) is 0. The van der Waals surface area contributed by atoms with Gasteiger partial charge >= 0.3 is 0 Å². The highest BCUT2D eigenvalue weighted by atomic mass is 16.3. The van der Waals surface area contributed by atoms with Crippen LogP contribution in [-0.2, 0) is 5.41 Å². The molecule has 0 saturated carbocycles. The lowest BCUT2D eigenvalue weighted by Gasteiger charge is -2.24. The van der Waals surface area contributed by atoms with Gasteiger partial charge in [-0.3, -0.25) is 0 Å². The summed E-state index contributed by atoms with van der Waals surface area (Å²) in [5.74, 6) is -3.05. The standard InChI is InChI=1S/C16H16O6.C2H6/c1-5-10-8(14(21)15(22)12(5)19)9-11(16(10,2)3)6(17)4-7(18)13(9)20;1-2/h4,17-22H,1-3H3;1-2H3. The third-order valence-corrected chi connectivity index (χ3v) is 4.42. The van der Waals surface area contributed by atoms with Crippen molar-refractivity contribution in [1.82, 2.24) is 0 Å². The normalized spacial score (nSPS) is 13.7. The average Bonchev–Trinajstić information content (AvgIpc) is 2.79. The zero-order valence-corrected chi connectivity index (χ0v) is 14.3. The molecular formula is C18H22O6. The predicted octanol–water partition coefficient (Wildman–Crippen LogP) is 3.56. The van der Waals surface area contributed by atoms with Crippen molar-refractivity contribution in [2.24, 2.45) is 0 Å². The first-order valence-electron chi connectivity index (χ1n) is 7.67. The fourth-order valence-electron chi connectivity index (χ4n) is 3.50. The Balaban J connectivity index is 0.00000100. The molecule has 130 valence electrons. The van der Waals surface area contributed by atoms with E-state index in [9.17, 15) is 30.6 Å². The SMILES string of the molecule is CC.Cc1c(O)c(O)c(O)c2c1C(C)(C)c1c(O)cc(O)c(O)c1-2. The lowest BCUT2D eigenvalue weighted by Crippen LogP contribution is -2.16. The number of hydrogen-bond acceptors (Lipinski definition) is 6. The quantitative estimate of drug-likeness (QED) is 0.324. The Hall–Kier alpha value is -2.76. The van der Waals surface area contributed by atoms with E-state index in [0.717, 1.165) is 6.07 Å². The van der Waals surface area contributed by atoms with E-state index in [-0.39, 0.29) is 16.9 Å². The first-order chi connectivity index (χ1) is 11.1. The number of aromatic hydroxyl groups is 6. The fourth-order valence-corrected chi connectivity index (χ4v) is 3.50. The van der Waals surface area contributed by atoms with Crippen LogP contribution in [0.5, 0.6) is 34.5 Å². The Morgan fingerprint density at radius 3 is 1.71 bits per heavy atom. The van der Waals surface area contributed by atoms with Gasteiger partial charge in [-0.05, 0) is 18.1 Å². The molecule has 0 heterocycles. The molecule has 0 aliphatic heterocycles. The summed E-state index contributed by atoms with van der Waals surface area (Å²) < 4.78 is 0. The molecule has 0 amide bonds. The maximum absolute atomic E-state index is 10.2. The van der Waals surface area contributed by atoms with Crippen LogP contribution in [0.3, 0.4) is 0 Å². The largest absolute Gasteiger partial charge is 0.507 e. The van der Waals surface area contributed by atoms with Crippen molar-refractivity contribution in [3.63, 3.8) is 0 Å². The molecule has 0 radical (unpaired) electrons. The minimum atomic E-state index is -0.854. The molecule has 1 aliphatic rings. The molecule has 0 fully saturated rings. The number of fused-ring (bicyclic) bond motifs is 3. The van der Waals surface area contributed by atoms with Gasteiger partial charge in [0.15, 0.2) is 23.0 Å². The van der Waals surface area contributed by atoms with Gasteiger partial charge in [0.25, 0.3) is 0 Å². The van der Waals surface area contributed by atoms with Gasteiger partial charge in [-0.1, -0.05) is 27.7 Å². The van der Waals surface area contributed by atoms with E-state index in [1.807, 2.05) is 13.8 Å². The number of benzene rings is 2. The van der Waals surface area contributed by atoms with E-state index in [1.165, 1.54) is 0 Å². The van der Waals surface area contributed by atoms with E-state index < -0.39 is 34.2 Å². The lowest BCUT2D eigenvalue weighted by atomic mass is 9.79. The number of phenolic OH excluding ortho intramolecular Hbond substituents is 6. The molecule has 6 N–H and O–H groups in total. The third-order valence-electron chi connectivity index (χ3n) is 4.42. The van der Waals surface area contributed by atoms with E-state index in [1.54, 1.807) is 20.8 Å². The average molecular weight is 334 g/mol. The second kappa shape index (κ2) is 5.40. The number of phenols is 6. The molecule has 24 heavy (non-hydrogen) atoms. The summed E-state index contributed by atoms with van der Waals surface area (Å²) in [5, 5.41) is 60.2. The van der Waals surface area contributed by atoms with Crippen molar-refractivity contribution in [2.75, 3.05) is 0 Å². The van der Waals surface area contributed by atoms with E-state index >= 15 is 0 Å². The van der Waals surface area contributed by atoms with Crippen LogP contribution in [0.25, 0.3) is 11.1 Å². The molecule has 0 spiro atoms. The monoisotopic (exact) mass is 334 g/mol. The fraction of sp³-hybridized carbons (Fsp3) is 0.333. The van der Waals surface area contributed by atoms with Crippen molar-refractivity contribution in [1.29, 1.82) is 0 Å². The Morgan fingerprint density at radius 2 is 1.17 bits per heavy atom. The van der Waals surface area contributed by atoms with Crippen molar-refractivity contribution in [3.05, 3.63) is 22.8 Å². The van der Waals surface area contributed by atoms with Crippen LogP contribution in [0.4, 0.5) is 0 Å². The highest BCUT2D eigenvalue weighted by Gasteiger charge is 2.45. The molecule has 2 aromatic rings. The first kappa shape index (κ1) is 17.6. The van der Waals surface area contributed by atoms with Crippen LogP contribution in [0.2, 0.25) is 0 Å². The maximum atomic E-state index is 10.2. The molecule has 2 aromatic carbocycles. The molecule has 0 unspecified atom stereocenters. The van der Waals surface area contributed by atoms with Crippen LogP contribution in [0.15, 0.2) is 6.07 Å². The van der Waals surface area contributed by atoms with Crippen LogP contribution < -0.4 is 0 Å². The van der Waals surface area contributed by atoms with Gasteiger partial charge in [-0.15, -0.1) is 0 Å². The van der Waals surface area contributed by atoms with E-state index in [4.69, 9.17) is 0 Å². The van der Waals surface area contributed by atoms with E-state index in [2.05, 4.69) is 0 Å². The maximum Gasteiger partial charge on any atom is 0.201 e. The Bertz CT molecular complexity index is 837. The Morgan fingerprint density at radius 1 is 0.667 bits per heavy atom. The highest BCUT2D eigenvalue weighted by Crippen LogP contribution is 2.63.